The van der Waals surface area contributed by atoms with E-state index >= 15 is 0 Å². The zero-order chi connectivity index (χ0) is 19.1. The van der Waals surface area contributed by atoms with Gasteiger partial charge in [-0.3, -0.25) is 4.79 Å². The van der Waals surface area contributed by atoms with Crippen molar-refractivity contribution < 1.29 is 19.0 Å². The minimum atomic E-state index is -0.142. The molecule has 0 unspecified atom stereocenters. The highest BCUT2D eigenvalue weighted by atomic mass is 35.5. The SMILES string of the molecule is O=C(C[NH+]1CC[NH+](CCSc2ccccc2F)CC1)Nc1ccccc1Cl. The molecular formula is C20H25ClFN3OS+2. The summed E-state index contributed by atoms with van der Waals surface area (Å²) in [7, 11) is 0. The minimum Gasteiger partial charge on any atom is -0.325 e. The van der Waals surface area contributed by atoms with E-state index in [1.54, 1.807) is 23.9 Å². The standard InChI is InChI=1S/C20H23ClFN3OS/c21-16-5-1-3-7-18(16)23-20(26)15-25-11-9-24(10-12-25)13-14-27-19-8-4-2-6-17(19)22/h1-8H,9-15H2,(H,23,26)/p+2. The summed E-state index contributed by atoms with van der Waals surface area (Å²) >= 11 is 7.66. The first-order valence-electron chi connectivity index (χ1n) is 9.20. The maximum atomic E-state index is 13.6. The smallest absolute Gasteiger partial charge is 0.279 e. The van der Waals surface area contributed by atoms with E-state index in [1.807, 2.05) is 30.3 Å². The summed E-state index contributed by atoms with van der Waals surface area (Å²) in [6.07, 6.45) is 0. The van der Waals surface area contributed by atoms with Crippen molar-refractivity contribution in [3.05, 3.63) is 59.4 Å². The molecule has 4 nitrogen and oxygen atoms in total. The van der Waals surface area contributed by atoms with Crippen LogP contribution >= 0.6 is 23.4 Å². The number of hydrogen-bond acceptors (Lipinski definition) is 2. The van der Waals surface area contributed by atoms with Crippen LogP contribution in [0.15, 0.2) is 53.4 Å². The van der Waals surface area contributed by atoms with Gasteiger partial charge in [-0.2, -0.15) is 0 Å². The highest BCUT2D eigenvalue weighted by molar-refractivity contribution is 7.99. The van der Waals surface area contributed by atoms with E-state index in [1.165, 1.54) is 15.9 Å². The van der Waals surface area contributed by atoms with Crippen LogP contribution in [0.2, 0.25) is 5.02 Å². The lowest BCUT2D eigenvalue weighted by Gasteiger charge is -2.29. The zero-order valence-electron chi connectivity index (χ0n) is 15.1. The topological polar surface area (TPSA) is 38.0 Å². The molecule has 1 saturated heterocycles. The van der Waals surface area contributed by atoms with Crippen LogP contribution in [0, 0.1) is 5.82 Å². The van der Waals surface area contributed by atoms with E-state index in [0.717, 1.165) is 43.4 Å². The molecule has 7 heteroatoms. The van der Waals surface area contributed by atoms with Crippen molar-refractivity contribution in [2.45, 2.75) is 4.90 Å². The second-order valence-corrected chi connectivity index (χ2v) is 8.28. The Morgan fingerprint density at radius 1 is 1.04 bits per heavy atom. The Kier molecular flexibility index (Phi) is 7.52. The number of halogens is 2. The number of thioether (sulfide) groups is 1. The van der Waals surface area contributed by atoms with Gasteiger partial charge in [-0.25, -0.2) is 4.39 Å². The van der Waals surface area contributed by atoms with Gasteiger partial charge in [0.25, 0.3) is 5.91 Å². The van der Waals surface area contributed by atoms with Crippen LogP contribution in [0.25, 0.3) is 0 Å². The van der Waals surface area contributed by atoms with Crippen LogP contribution in [0.4, 0.5) is 10.1 Å². The van der Waals surface area contributed by atoms with E-state index in [2.05, 4.69) is 5.32 Å². The summed E-state index contributed by atoms with van der Waals surface area (Å²) in [4.78, 5) is 15.8. The normalized spacial score (nSPS) is 19.6. The van der Waals surface area contributed by atoms with E-state index in [4.69, 9.17) is 11.6 Å². The van der Waals surface area contributed by atoms with Gasteiger partial charge in [-0.15, -0.1) is 11.8 Å². The number of hydrogen-bond donors (Lipinski definition) is 3. The molecular weight excluding hydrogens is 385 g/mol. The molecule has 0 aromatic heterocycles. The Bertz CT molecular complexity index is 768. The van der Waals surface area contributed by atoms with Crippen molar-refractivity contribution in [3.8, 4) is 0 Å². The molecule has 2 aromatic carbocycles. The van der Waals surface area contributed by atoms with Crippen molar-refractivity contribution in [3.63, 3.8) is 0 Å². The van der Waals surface area contributed by atoms with Crippen molar-refractivity contribution in [2.75, 3.05) is 50.3 Å². The predicted octanol–water partition coefficient (Wildman–Crippen LogP) is 0.993. The first-order valence-corrected chi connectivity index (χ1v) is 10.6. The third kappa shape index (κ3) is 6.21. The Morgan fingerprint density at radius 3 is 2.44 bits per heavy atom. The Hall–Kier alpha value is -1.60. The van der Waals surface area contributed by atoms with Crippen LogP contribution in [0.5, 0.6) is 0 Å². The lowest BCUT2D eigenvalue weighted by molar-refractivity contribution is -1.01. The van der Waals surface area contributed by atoms with Crippen LogP contribution in [-0.4, -0.2) is 50.9 Å². The van der Waals surface area contributed by atoms with Gasteiger partial charge in [0.1, 0.15) is 32.0 Å². The first-order chi connectivity index (χ1) is 13.1. The summed E-state index contributed by atoms with van der Waals surface area (Å²) in [5, 5.41) is 3.45. The molecule has 0 bridgehead atoms. The van der Waals surface area contributed by atoms with Gasteiger partial charge < -0.3 is 15.1 Å². The van der Waals surface area contributed by atoms with Crippen LogP contribution < -0.4 is 15.1 Å². The summed E-state index contributed by atoms with van der Waals surface area (Å²) < 4.78 is 13.6. The molecule has 27 heavy (non-hydrogen) atoms. The number of rotatable bonds is 7. The fourth-order valence-electron chi connectivity index (χ4n) is 3.24. The number of anilines is 1. The molecule has 1 aliphatic heterocycles. The van der Waals surface area contributed by atoms with Crippen molar-refractivity contribution in [1.29, 1.82) is 0 Å². The summed E-state index contributed by atoms with van der Waals surface area (Å²) in [6, 6.07) is 14.2. The number of quaternary nitrogens is 2. The van der Waals surface area contributed by atoms with Crippen molar-refractivity contribution >= 4 is 35.0 Å². The van der Waals surface area contributed by atoms with Gasteiger partial charge in [-0.1, -0.05) is 35.9 Å². The van der Waals surface area contributed by atoms with E-state index in [9.17, 15) is 9.18 Å². The molecule has 2 aromatic rings. The molecule has 144 valence electrons. The number of piperazine rings is 1. The highest BCUT2D eigenvalue weighted by Crippen LogP contribution is 2.20. The number of amides is 1. The lowest BCUT2D eigenvalue weighted by atomic mass is 10.3. The third-order valence-electron chi connectivity index (χ3n) is 4.77. The number of benzene rings is 2. The van der Waals surface area contributed by atoms with E-state index < -0.39 is 0 Å². The number of nitrogens with one attached hydrogen (secondary N) is 3. The molecule has 3 N–H and O–H groups in total. The van der Waals surface area contributed by atoms with Crippen LogP contribution in [0.1, 0.15) is 0 Å². The van der Waals surface area contributed by atoms with Gasteiger partial charge in [0.05, 0.1) is 17.3 Å². The van der Waals surface area contributed by atoms with E-state index in [0.29, 0.717) is 17.3 Å². The lowest BCUT2D eigenvalue weighted by Crippen LogP contribution is -3.28. The third-order valence-corrected chi connectivity index (χ3v) is 6.15. The molecule has 1 aliphatic rings. The quantitative estimate of drug-likeness (QED) is 0.597. The Morgan fingerprint density at radius 2 is 1.70 bits per heavy atom. The molecule has 3 rings (SSSR count). The van der Waals surface area contributed by atoms with Gasteiger partial charge >= 0.3 is 0 Å². The molecule has 1 heterocycles. The molecule has 1 amide bonds. The maximum absolute atomic E-state index is 13.6. The molecule has 0 radical (unpaired) electrons. The fourth-order valence-corrected chi connectivity index (χ4v) is 4.41. The first kappa shape index (κ1) is 20.1. The van der Waals surface area contributed by atoms with Gasteiger partial charge in [0.2, 0.25) is 0 Å². The monoisotopic (exact) mass is 409 g/mol. The number of carbonyl (C=O) groups is 1. The van der Waals surface area contributed by atoms with Crippen LogP contribution in [-0.2, 0) is 4.79 Å². The zero-order valence-corrected chi connectivity index (χ0v) is 16.7. The van der Waals surface area contributed by atoms with Gasteiger partial charge in [0.15, 0.2) is 6.54 Å². The van der Waals surface area contributed by atoms with Crippen molar-refractivity contribution in [2.24, 2.45) is 0 Å². The molecule has 0 atom stereocenters. The number of carbonyl (C=O) groups excluding carboxylic acids is 1. The second kappa shape index (κ2) is 10.1. The Labute approximate surface area is 168 Å². The Balaban J connectivity index is 1.36. The highest BCUT2D eigenvalue weighted by Gasteiger charge is 2.24. The maximum Gasteiger partial charge on any atom is 0.279 e. The molecule has 0 saturated carbocycles. The average Bonchev–Trinajstić information content (AvgIpc) is 2.66. The summed E-state index contributed by atoms with van der Waals surface area (Å²) in [6.45, 7) is 5.48. The average molecular weight is 410 g/mol. The molecule has 0 spiro atoms. The van der Waals surface area contributed by atoms with Crippen LogP contribution in [0.3, 0.4) is 0 Å². The fraction of sp³-hybridized carbons (Fsp3) is 0.350. The predicted molar refractivity (Wildman–Crippen MR) is 108 cm³/mol. The molecule has 1 fully saturated rings. The second-order valence-electron chi connectivity index (χ2n) is 6.73. The van der Waals surface area contributed by atoms with Gasteiger partial charge in [0, 0.05) is 10.6 Å². The molecule has 0 aliphatic carbocycles. The van der Waals surface area contributed by atoms with E-state index in [-0.39, 0.29) is 11.7 Å². The van der Waals surface area contributed by atoms with Gasteiger partial charge in [-0.05, 0) is 24.3 Å². The minimum absolute atomic E-state index is 0.00309. The summed E-state index contributed by atoms with van der Waals surface area (Å²) in [5.41, 5.74) is 0.665. The largest absolute Gasteiger partial charge is 0.325 e. The summed E-state index contributed by atoms with van der Waals surface area (Å²) in [5.74, 6) is 0.756. The number of para-hydroxylation sites is 1. The van der Waals surface area contributed by atoms with Crippen molar-refractivity contribution in [1.82, 2.24) is 0 Å².